The van der Waals surface area contributed by atoms with E-state index in [9.17, 15) is 0 Å². The van der Waals surface area contributed by atoms with Crippen molar-refractivity contribution in [2.75, 3.05) is 0 Å². The Morgan fingerprint density at radius 2 is 0.886 bits per heavy atom. The lowest BCUT2D eigenvalue weighted by Crippen LogP contribution is -2.18. The molecule has 2 heteroatoms. The van der Waals surface area contributed by atoms with Crippen LogP contribution in [-0.4, -0.2) is 0 Å². The van der Waals surface area contributed by atoms with E-state index in [1.165, 1.54) is 44.5 Å². The van der Waals surface area contributed by atoms with Crippen molar-refractivity contribution in [3.63, 3.8) is 0 Å². The molecule has 0 spiro atoms. The van der Waals surface area contributed by atoms with Gasteiger partial charge in [0.15, 0.2) is 0 Å². The number of aryl methyl sites for hydroxylation is 4. The van der Waals surface area contributed by atoms with Gasteiger partial charge in [-0.2, -0.15) is 0 Å². The fourth-order valence-electron chi connectivity index (χ4n) is 4.34. The number of hydrogen-bond acceptors (Lipinski definition) is 2. The molecule has 2 nitrogen and oxygen atoms in total. The van der Waals surface area contributed by atoms with E-state index in [1.807, 2.05) is 0 Å². The normalized spacial score (nSPS) is 11.4. The molecule has 0 aliphatic heterocycles. The van der Waals surface area contributed by atoms with E-state index in [0.717, 1.165) is 11.5 Å². The van der Waals surface area contributed by atoms with Gasteiger partial charge >= 0.3 is 0 Å². The summed E-state index contributed by atoms with van der Waals surface area (Å²) in [4.78, 5) is 0. The summed E-state index contributed by atoms with van der Waals surface area (Å²) in [5, 5.41) is 0. The molecule has 180 valence electrons. The molecule has 0 saturated carbocycles. The summed E-state index contributed by atoms with van der Waals surface area (Å²) in [5.41, 5.74) is 9.87. The molecule has 0 aliphatic carbocycles. The quantitative estimate of drug-likeness (QED) is 0.261. The van der Waals surface area contributed by atoms with E-state index in [4.69, 9.17) is 9.47 Å². The maximum absolute atomic E-state index is 6.08. The van der Waals surface area contributed by atoms with Crippen LogP contribution in [0.3, 0.4) is 0 Å². The van der Waals surface area contributed by atoms with Gasteiger partial charge in [0, 0.05) is 5.41 Å². The summed E-state index contributed by atoms with van der Waals surface area (Å²) in [7, 11) is 0. The van der Waals surface area contributed by atoms with Gasteiger partial charge in [-0.25, -0.2) is 0 Å². The highest BCUT2D eigenvalue weighted by atomic mass is 16.5. The predicted octanol–water partition coefficient (Wildman–Crippen LogP) is 8.40. The van der Waals surface area contributed by atoms with E-state index in [0.29, 0.717) is 13.2 Å². The maximum Gasteiger partial charge on any atom is 0.119 e. The van der Waals surface area contributed by atoms with Crippen molar-refractivity contribution in [3.8, 4) is 11.5 Å². The second kappa shape index (κ2) is 10.4. The first-order valence-corrected chi connectivity index (χ1v) is 12.3. The van der Waals surface area contributed by atoms with Crippen LogP contribution < -0.4 is 9.47 Å². The van der Waals surface area contributed by atoms with Crippen molar-refractivity contribution in [2.24, 2.45) is 0 Å². The van der Waals surface area contributed by atoms with Crippen molar-refractivity contribution in [1.29, 1.82) is 0 Å². The highest BCUT2D eigenvalue weighted by molar-refractivity contribution is 5.42. The van der Waals surface area contributed by atoms with Crippen molar-refractivity contribution in [3.05, 3.63) is 129 Å². The maximum atomic E-state index is 6.08. The number of rotatable bonds is 8. The lowest BCUT2D eigenvalue weighted by Gasteiger charge is -2.26. The number of hydrogen-bond donors (Lipinski definition) is 0. The van der Waals surface area contributed by atoms with E-state index in [-0.39, 0.29) is 5.41 Å². The molecule has 0 aromatic heterocycles. The molecular formula is C33H36O2. The molecule has 4 aromatic carbocycles. The van der Waals surface area contributed by atoms with Gasteiger partial charge in [-0.1, -0.05) is 85.6 Å². The summed E-state index contributed by atoms with van der Waals surface area (Å²) in [6.45, 7) is 14.2. The molecular weight excluding hydrogens is 428 g/mol. The fourth-order valence-corrected chi connectivity index (χ4v) is 4.34. The summed E-state index contributed by atoms with van der Waals surface area (Å²) < 4.78 is 12.2. The molecule has 0 saturated heterocycles. The van der Waals surface area contributed by atoms with Crippen LogP contribution >= 0.6 is 0 Å². The van der Waals surface area contributed by atoms with Crippen molar-refractivity contribution >= 4 is 0 Å². The SMILES string of the molecule is Cc1ccc(C)c(COc2ccc(C(C)(C)c3ccc(OCc4cc(C)ccc4C)cc3)cc2)c1. The largest absolute Gasteiger partial charge is 0.489 e. The van der Waals surface area contributed by atoms with Crippen LogP contribution in [0.1, 0.15) is 58.4 Å². The Bertz CT molecular complexity index is 1180. The summed E-state index contributed by atoms with van der Waals surface area (Å²) in [6, 6.07) is 29.9. The Kier molecular flexibility index (Phi) is 7.31. The van der Waals surface area contributed by atoms with Crippen molar-refractivity contribution in [2.45, 2.75) is 60.2 Å². The van der Waals surface area contributed by atoms with Crippen molar-refractivity contribution < 1.29 is 9.47 Å². The summed E-state index contributed by atoms with van der Waals surface area (Å²) >= 11 is 0. The molecule has 0 heterocycles. The first-order chi connectivity index (χ1) is 16.7. The number of benzene rings is 4. The van der Waals surface area contributed by atoms with Gasteiger partial charge in [-0.3, -0.25) is 0 Å². The van der Waals surface area contributed by atoms with E-state index < -0.39 is 0 Å². The third kappa shape index (κ3) is 5.95. The molecule has 4 rings (SSSR count). The van der Waals surface area contributed by atoms with E-state index >= 15 is 0 Å². The first-order valence-electron chi connectivity index (χ1n) is 12.3. The van der Waals surface area contributed by atoms with Crippen LogP contribution in [0.5, 0.6) is 11.5 Å². The molecule has 0 unspecified atom stereocenters. The third-order valence-corrected chi connectivity index (χ3v) is 6.95. The molecule has 0 fully saturated rings. The molecule has 0 N–H and O–H groups in total. The van der Waals surface area contributed by atoms with Crippen LogP contribution in [0.15, 0.2) is 84.9 Å². The van der Waals surface area contributed by atoms with Crippen molar-refractivity contribution in [1.82, 2.24) is 0 Å². The average Bonchev–Trinajstić information content (AvgIpc) is 2.85. The summed E-state index contributed by atoms with van der Waals surface area (Å²) in [5.74, 6) is 1.78. The van der Waals surface area contributed by atoms with Gasteiger partial charge in [0.05, 0.1) is 0 Å². The molecule has 35 heavy (non-hydrogen) atoms. The first kappa shape index (κ1) is 24.6. The minimum Gasteiger partial charge on any atom is -0.489 e. The minimum atomic E-state index is -0.128. The Morgan fingerprint density at radius 1 is 0.514 bits per heavy atom. The topological polar surface area (TPSA) is 18.5 Å². The molecule has 0 bridgehead atoms. The lowest BCUT2D eigenvalue weighted by atomic mass is 9.78. The van der Waals surface area contributed by atoms with Gasteiger partial charge in [-0.15, -0.1) is 0 Å². The van der Waals surface area contributed by atoms with Gasteiger partial charge in [0.25, 0.3) is 0 Å². The number of ether oxygens (including phenoxy) is 2. The highest BCUT2D eigenvalue weighted by Crippen LogP contribution is 2.33. The zero-order valence-electron chi connectivity index (χ0n) is 21.8. The smallest absolute Gasteiger partial charge is 0.119 e. The van der Waals surface area contributed by atoms with E-state index in [1.54, 1.807) is 0 Å². The minimum absolute atomic E-state index is 0.128. The summed E-state index contributed by atoms with van der Waals surface area (Å²) in [6.07, 6.45) is 0. The zero-order valence-corrected chi connectivity index (χ0v) is 21.8. The molecule has 0 atom stereocenters. The van der Waals surface area contributed by atoms with Gasteiger partial charge < -0.3 is 9.47 Å². The van der Waals surface area contributed by atoms with Crippen LogP contribution in [0.25, 0.3) is 0 Å². The highest BCUT2D eigenvalue weighted by Gasteiger charge is 2.23. The van der Waals surface area contributed by atoms with Crippen LogP contribution in [-0.2, 0) is 18.6 Å². The Labute approximate surface area is 210 Å². The Morgan fingerprint density at radius 3 is 1.26 bits per heavy atom. The van der Waals surface area contributed by atoms with Gasteiger partial charge in [0.1, 0.15) is 24.7 Å². The Hall–Kier alpha value is -3.52. The van der Waals surface area contributed by atoms with Crippen LogP contribution in [0.4, 0.5) is 0 Å². The second-order valence-electron chi connectivity index (χ2n) is 10.1. The van der Waals surface area contributed by atoms with Gasteiger partial charge in [-0.05, 0) is 85.3 Å². The lowest BCUT2D eigenvalue weighted by molar-refractivity contribution is 0.305. The molecule has 0 aliphatic rings. The third-order valence-electron chi connectivity index (χ3n) is 6.95. The van der Waals surface area contributed by atoms with Gasteiger partial charge in [0.2, 0.25) is 0 Å². The van der Waals surface area contributed by atoms with Crippen LogP contribution in [0, 0.1) is 27.7 Å². The fraction of sp³-hybridized carbons (Fsp3) is 0.273. The predicted molar refractivity (Wildman–Crippen MR) is 146 cm³/mol. The molecule has 0 amide bonds. The molecule has 0 radical (unpaired) electrons. The second-order valence-corrected chi connectivity index (χ2v) is 10.1. The standard InChI is InChI=1S/C33H36O2/c1-23-7-9-25(3)27(19-23)21-34-31-15-11-29(12-16-31)33(5,6)30-13-17-32(18-14-30)35-22-28-20-24(2)8-10-26(28)4/h7-20H,21-22H2,1-6H3. The average molecular weight is 465 g/mol. The zero-order chi connectivity index (χ0) is 25.0. The van der Waals surface area contributed by atoms with Crippen LogP contribution in [0.2, 0.25) is 0 Å². The van der Waals surface area contributed by atoms with E-state index in [2.05, 4.69) is 126 Å². The Balaban J connectivity index is 1.40. The molecule has 4 aromatic rings. The monoisotopic (exact) mass is 464 g/mol.